The lowest BCUT2D eigenvalue weighted by Gasteiger charge is -2.21. The van der Waals surface area contributed by atoms with E-state index < -0.39 is 5.60 Å². The van der Waals surface area contributed by atoms with Crippen LogP contribution in [0.25, 0.3) is 0 Å². The third kappa shape index (κ3) is 6.78. The first-order valence-corrected chi connectivity index (χ1v) is 9.40. The van der Waals surface area contributed by atoms with Gasteiger partial charge in [-0.2, -0.15) is 5.10 Å². The second-order valence-electron chi connectivity index (χ2n) is 7.11. The first kappa shape index (κ1) is 22.7. The van der Waals surface area contributed by atoms with Gasteiger partial charge >= 0.3 is 0 Å². The molecule has 3 N–H and O–H groups in total. The standard InChI is InChI=1S/C19H29N5O3.HI/c1-19(25,15-11-23-24(2)13-15)14-22-18(21-12-17-6-4-10-27-17)20-8-7-16-5-3-9-26-16;/h3,5,9,11,13,17,25H,4,6-8,10,12,14H2,1-2H3,(H2,20,21,22);1H. The lowest BCUT2D eigenvalue weighted by atomic mass is 10.0. The number of hydrogen-bond donors (Lipinski definition) is 3. The molecular formula is C19H30IN5O3. The number of rotatable bonds is 8. The smallest absolute Gasteiger partial charge is 0.191 e. The van der Waals surface area contributed by atoms with Crippen LogP contribution in [-0.4, -0.2) is 53.2 Å². The summed E-state index contributed by atoms with van der Waals surface area (Å²) >= 11 is 0. The van der Waals surface area contributed by atoms with Crippen LogP contribution in [0.4, 0.5) is 0 Å². The van der Waals surface area contributed by atoms with Gasteiger partial charge in [-0.25, -0.2) is 4.99 Å². The van der Waals surface area contributed by atoms with Crippen molar-refractivity contribution in [3.63, 3.8) is 0 Å². The minimum absolute atomic E-state index is 0. The van der Waals surface area contributed by atoms with Crippen LogP contribution in [0.1, 0.15) is 31.1 Å². The van der Waals surface area contributed by atoms with Crippen molar-refractivity contribution < 1.29 is 14.3 Å². The predicted molar refractivity (Wildman–Crippen MR) is 118 cm³/mol. The maximum atomic E-state index is 10.7. The molecule has 1 aliphatic rings. The van der Waals surface area contributed by atoms with E-state index >= 15 is 0 Å². The van der Waals surface area contributed by atoms with Crippen molar-refractivity contribution in [3.05, 3.63) is 42.1 Å². The molecule has 2 aromatic rings. The van der Waals surface area contributed by atoms with Gasteiger partial charge in [0.2, 0.25) is 0 Å². The predicted octanol–water partition coefficient (Wildman–Crippen LogP) is 1.80. The Morgan fingerprint density at radius 2 is 2.32 bits per heavy atom. The number of hydrogen-bond acceptors (Lipinski definition) is 5. The summed E-state index contributed by atoms with van der Waals surface area (Å²) in [6, 6.07) is 3.83. The maximum Gasteiger partial charge on any atom is 0.191 e. The molecule has 0 aliphatic carbocycles. The quantitative estimate of drug-likeness (QED) is 0.289. The van der Waals surface area contributed by atoms with Gasteiger partial charge in [0, 0.05) is 44.9 Å². The monoisotopic (exact) mass is 503 g/mol. The number of nitrogens with one attached hydrogen (secondary N) is 2. The number of guanidine groups is 1. The Morgan fingerprint density at radius 3 is 2.96 bits per heavy atom. The van der Waals surface area contributed by atoms with Crippen LogP contribution in [-0.2, 0) is 23.8 Å². The van der Waals surface area contributed by atoms with E-state index in [4.69, 9.17) is 9.15 Å². The van der Waals surface area contributed by atoms with E-state index in [1.807, 2.05) is 19.2 Å². The first-order chi connectivity index (χ1) is 13.0. The van der Waals surface area contributed by atoms with Gasteiger partial charge in [-0.15, -0.1) is 24.0 Å². The van der Waals surface area contributed by atoms with Gasteiger partial charge in [-0.3, -0.25) is 4.68 Å². The SMILES string of the molecule is Cn1cc(C(C)(O)CN=C(NCCc2ccco2)NCC2CCCO2)cn1.I. The fourth-order valence-corrected chi connectivity index (χ4v) is 2.97. The summed E-state index contributed by atoms with van der Waals surface area (Å²) in [6.07, 6.45) is 8.26. The number of ether oxygens (including phenoxy) is 1. The molecule has 1 aliphatic heterocycles. The van der Waals surface area contributed by atoms with Crippen molar-refractivity contribution in [1.82, 2.24) is 20.4 Å². The van der Waals surface area contributed by atoms with Gasteiger partial charge in [-0.1, -0.05) is 0 Å². The topological polar surface area (TPSA) is 96.8 Å². The van der Waals surface area contributed by atoms with E-state index in [2.05, 4.69) is 20.7 Å². The molecule has 0 aromatic carbocycles. The van der Waals surface area contributed by atoms with Gasteiger partial charge < -0.3 is 24.9 Å². The third-order valence-electron chi connectivity index (χ3n) is 4.64. The Bertz CT molecular complexity index is 724. The van der Waals surface area contributed by atoms with Gasteiger partial charge in [0.05, 0.1) is 25.1 Å². The number of nitrogens with zero attached hydrogens (tertiary/aromatic N) is 3. The molecule has 8 nitrogen and oxygen atoms in total. The highest BCUT2D eigenvalue weighted by Gasteiger charge is 2.25. The molecule has 0 amide bonds. The molecule has 3 rings (SSSR count). The highest BCUT2D eigenvalue weighted by Crippen LogP contribution is 2.19. The lowest BCUT2D eigenvalue weighted by molar-refractivity contribution is 0.0671. The second-order valence-corrected chi connectivity index (χ2v) is 7.11. The number of furan rings is 1. The summed E-state index contributed by atoms with van der Waals surface area (Å²) in [5.74, 6) is 1.57. The van der Waals surface area contributed by atoms with Crippen molar-refractivity contribution in [2.45, 2.75) is 37.9 Å². The second kappa shape index (κ2) is 10.8. The minimum atomic E-state index is -1.09. The number of aliphatic imine (C=N–C) groups is 1. The molecule has 2 atom stereocenters. The molecule has 0 saturated carbocycles. The van der Waals surface area contributed by atoms with Crippen LogP contribution >= 0.6 is 24.0 Å². The minimum Gasteiger partial charge on any atom is -0.469 e. The number of aromatic nitrogens is 2. The molecule has 156 valence electrons. The van der Waals surface area contributed by atoms with Gasteiger partial charge in [-0.05, 0) is 31.9 Å². The zero-order chi connectivity index (χ0) is 19.1. The summed E-state index contributed by atoms with van der Waals surface area (Å²) in [5, 5.41) is 21.5. The van der Waals surface area contributed by atoms with E-state index in [9.17, 15) is 5.11 Å². The van der Waals surface area contributed by atoms with Crippen LogP contribution in [0.3, 0.4) is 0 Å². The normalized spacial score (nSPS) is 19.1. The van der Waals surface area contributed by atoms with Crippen LogP contribution in [0.2, 0.25) is 0 Å². The van der Waals surface area contributed by atoms with Gasteiger partial charge in [0.15, 0.2) is 5.96 Å². The van der Waals surface area contributed by atoms with Crippen molar-refractivity contribution in [1.29, 1.82) is 0 Å². The fourth-order valence-electron chi connectivity index (χ4n) is 2.97. The Balaban J connectivity index is 0.00000280. The Morgan fingerprint density at radius 1 is 1.46 bits per heavy atom. The molecule has 0 spiro atoms. The number of halogens is 1. The summed E-state index contributed by atoms with van der Waals surface area (Å²) < 4.78 is 12.7. The zero-order valence-corrected chi connectivity index (χ0v) is 18.8. The lowest BCUT2D eigenvalue weighted by Crippen LogP contribution is -2.42. The van der Waals surface area contributed by atoms with E-state index in [0.29, 0.717) is 19.0 Å². The molecular weight excluding hydrogens is 473 g/mol. The average Bonchev–Trinajstić information content (AvgIpc) is 3.39. The number of aryl methyl sites for hydroxylation is 1. The molecule has 1 saturated heterocycles. The van der Waals surface area contributed by atoms with Crippen molar-refractivity contribution in [2.75, 3.05) is 26.2 Å². The number of aliphatic hydroxyl groups is 1. The van der Waals surface area contributed by atoms with E-state index in [1.54, 1.807) is 30.3 Å². The van der Waals surface area contributed by atoms with Crippen LogP contribution in [0.15, 0.2) is 40.2 Å². The molecule has 2 aromatic heterocycles. The summed E-state index contributed by atoms with van der Waals surface area (Å²) in [6.45, 7) is 4.16. The summed E-state index contributed by atoms with van der Waals surface area (Å²) in [4.78, 5) is 4.58. The van der Waals surface area contributed by atoms with E-state index in [1.165, 1.54) is 0 Å². The zero-order valence-electron chi connectivity index (χ0n) is 16.4. The molecule has 0 bridgehead atoms. The largest absolute Gasteiger partial charge is 0.469 e. The molecule has 9 heteroatoms. The highest BCUT2D eigenvalue weighted by molar-refractivity contribution is 14.0. The van der Waals surface area contributed by atoms with Crippen LogP contribution in [0.5, 0.6) is 0 Å². The van der Waals surface area contributed by atoms with Crippen LogP contribution < -0.4 is 10.6 Å². The molecule has 0 radical (unpaired) electrons. The molecule has 2 unspecified atom stereocenters. The average molecular weight is 503 g/mol. The van der Waals surface area contributed by atoms with E-state index in [-0.39, 0.29) is 36.6 Å². The van der Waals surface area contributed by atoms with Crippen molar-refractivity contribution in [3.8, 4) is 0 Å². The third-order valence-corrected chi connectivity index (χ3v) is 4.64. The van der Waals surface area contributed by atoms with Crippen molar-refractivity contribution in [2.24, 2.45) is 12.0 Å². The molecule has 3 heterocycles. The summed E-state index contributed by atoms with van der Waals surface area (Å²) in [5.41, 5.74) is -0.351. The summed E-state index contributed by atoms with van der Waals surface area (Å²) in [7, 11) is 1.83. The van der Waals surface area contributed by atoms with Crippen molar-refractivity contribution >= 4 is 29.9 Å². The van der Waals surface area contributed by atoms with Gasteiger partial charge in [0.1, 0.15) is 11.4 Å². The Kier molecular flexibility index (Phi) is 8.77. The van der Waals surface area contributed by atoms with E-state index in [0.717, 1.165) is 37.2 Å². The van der Waals surface area contributed by atoms with Crippen LogP contribution in [0, 0.1) is 0 Å². The highest BCUT2D eigenvalue weighted by atomic mass is 127. The Labute approximate surface area is 182 Å². The molecule has 1 fully saturated rings. The first-order valence-electron chi connectivity index (χ1n) is 9.40. The fraction of sp³-hybridized carbons (Fsp3) is 0.579. The molecule has 28 heavy (non-hydrogen) atoms. The maximum absolute atomic E-state index is 10.7. The van der Waals surface area contributed by atoms with Gasteiger partial charge in [0.25, 0.3) is 0 Å². The Hall–Kier alpha value is -1.59.